The summed E-state index contributed by atoms with van der Waals surface area (Å²) in [6.45, 7) is 3.83. The van der Waals surface area contributed by atoms with Crippen LogP contribution in [0, 0.1) is 5.82 Å². The van der Waals surface area contributed by atoms with Gasteiger partial charge in [0.15, 0.2) is 11.6 Å². The molecule has 0 aliphatic carbocycles. The molecule has 5 heteroatoms. The first-order valence-electron chi connectivity index (χ1n) is 6.65. The maximum absolute atomic E-state index is 13.7. The van der Waals surface area contributed by atoms with Crippen molar-refractivity contribution in [3.63, 3.8) is 0 Å². The van der Waals surface area contributed by atoms with E-state index in [4.69, 9.17) is 4.74 Å². The number of piperidine rings is 1. The number of benzene rings is 1. The van der Waals surface area contributed by atoms with Gasteiger partial charge in [-0.2, -0.15) is 0 Å². The lowest BCUT2D eigenvalue weighted by Crippen LogP contribution is -2.45. The van der Waals surface area contributed by atoms with E-state index in [1.54, 1.807) is 13.0 Å². The second-order valence-corrected chi connectivity index (χ2v) is 4.57. The van der Waals surface area contributed by atoms with Crippen LogP contribution in [0.1, 0.15) is 30.1 Å². The summed E-state index contributed by atoms with van der Waals surface area (Å²) in [5.74, 6) is -0.751. The van der Waals surface area contributed by atoms with Crippen LogP contribution in [-0.2, 0) is 0 Å². The third-order valence-electron chi connectivity index (χ3n) is 3.13. The molecule has 2 N–H and O–H groups in total. The van der Waals surface area contributed by atoms with E-state index in [9.17, 15) is 9.18 Å². The van der Waals surface area contributed by atoms with Crippen LogP contribution in [0.4, 0.5) is 4.39 Å². The summed E-state index contributed by atoms with van der Waals surface area (Å²) >= 11 is 0. The summed E-state index contributed by atoms with van der Waals surface area (Å²) in [6, 6.07) is 4.49. The summed E-state index contributed by atoms with van der Waals surface area (Å²) in [5.41, 5.74) is 0.257. The van der Waals surface area contributed by atoms with Crippen molar-refractivity contribution in [3.8, 4) is 5.75 Å². The Morgan fingerprint density at radius 2 is 2.42 bits per heavy atom. The number of ether oxygens (including phenoxy) is 1. The fourth-order valence-electron chi connectivity index (χ4n) is 2.22. The zero-order valence-corrected chi connectivity index (χ0v) is 11.0. The van der Waals surface area contributed by atoms with Crippen molar-refractivity contribution in [2.24, 2.45) is 0 Å². The van der Waals surface area contributed by atoms with Crippen molar-refractivity contribution in [1.29, 1.82) is 0 Å². The van der Waals surface area contributed by atoms with E-state index < -0.39 is 5.82 Å². The van der Waals surface area contributed by atoms with Gasteiger partial charge in [0.05, 0.1) is 12.2 Å². The molecule has 4 nitrogen and oxygen atoms in total. The second-order valence-electron chi connectivity index (χ2n) is 4.57. The molecule has 1 fully saturated rings. The van der Waals surface area contributed by atoms with Gasteiger partial charge in [-0.1, -0.05) is 6.07 Å². The standard InChI is InChI=1S/C14H19FN2O2/c1-2-19-13-11(6-3-7-12(13)15)14(18)17-10-5-4-8-16-9-10/h3,6-7,10,16H,2,4-5,8-9H2,1H3,(H,17,18)/t10-/m0/s1. The number of rotatable bonds is 4. The first-order valence-corrected chi connectivity index (χ1v) is 6.65. The SMILES string of the molecule is CCOc1c(F)cccc1C(=O)N[C@H]1CCCNC1. The molecule has 1 saturated heterocycles. The number of halogens is 1. The van der Waals surface area contributed by atoms with Gasteiger partial charge in [-0.05, 0) is 38.4 Å². The Balaban J connectivity index is 2.11. The molecule has 0 radical (unpaired) electrons. The minimum atomic E-state index is -0.503. The Labute approximate surface area is 112 Å². The van der Waals surface area contributed by atoms with E-state index in [1.165, 1.54) is 12.1 Å². The highest BCUT2D eigenvalue weighted by Gasteiger charge is 2.20. The van der Waals surface area contributed by atoms with Crippen LogP contribution in [-0.4, -0.2) is 31.6 Å². The minimum absolute atomic E-state index is 0.0336. The summed E-state index contributed by atoms with van der Waals surface area (Å²) in [4.78, 5) is 12.2. The molecule has 2 rings (SSSR count). The van der Waals surface area contributed by atoms with Crippen molar-refractivity contribution in [1.82, 2.24) is 10.6 Å². The minimum Gasteiger partial charge on any atom is -0.490 e. The molecule has 1 atom stereocenters. The third-order valence-corrected chi connectivity index (χ3v) is 3.13. The zero-order valence-electron chi connectivity index (χ0n) is 11.0. The van der Waals surface area contributed by atoms with E-state index in [0.29, 0.717) is 6.61 Å². The molecule has 0 spiro atoms. The van der Waals surface area contributed by atoms with Gasteiger partial charge in [0.2, 0.25) is 0 Å². The van der Waals surface area contributed by atoms with E-state index in [0.717, 1.165) is 25.9 Å². The van der Waals surface area contributed by atoms with Gasteiger partial charge in [0.1, 0.15) is 0 Å². The fraction of sp³-hybridized carbons (Fsp3) is 0.500. The number of carbonyl (C=O) groups is 1. The Bertz CT molecular complexity index is 445. The van der Waals surface area contributed by atoms with Crippen molar-refractivity contribution >= 4 is 5.91 Å². The van der Waals surface area contributed by atoms with Gasteiger partial charge in [0.25, 0.3) is 5.91 Å². The lowest BCUT2D eigenvalue weighted by molar-refractivity contribution is 0.0926. The molecule has 0 aromatic heterocycles. The van der Waals surface area contributed by atoms with Gasteiger partial charge in [0, 0.05) is 12.6 Å². The first-order chi connectivity index (χ1) is 9.22. The van der Waals surface area contributed by atoms with E-state index in [-0.39, 0.29) is 23.3 Å². The van der Waals surface area contributed by atoms with Crippen LogP contribution in [0.25, 0.3) is 0 Å². The van der Waals surface area contributed by atoms with Crippen molar-refractivity contribution < 1.29 is 13.9 Å². The normalized spacial score (nSPS) is 18.9. The van der Waals surface area contributed by atoms with Crippen LogP contribution in [0.15, 0.2) is 18.2 Å². The van der Waals surface area contributed by atoms with Crippen molar-refractivity contribution in [2.45, 2.75) is 25.8 Å². The molecule has 0 bridgehead atoms. The zero-order chi connectivity index (χ0) is 13.7. The number of carbonyl (C=O) groups excluding carboxylic acids is 1. The molecule has 0 saturated carbocycles. The van der Waals surface area contributed by atoms with Crippen LogP contribution in [0.2, 0.25) is 0 Å². The van der Waals surface area contributed by atoms with Crippen molar-refractivity contribution in [3.05, 3.63) is 29.6 Å². The quantitative estimate of drug-likeness (QED) is 0.872. The monoisotopic (exact) mass is 266 g/mol. The van der Waals surface area contributed by atoms with Crippen LogP contribution >= 0.6 is 0 Å². The van der Waals surface area contributed by atoms with Crippen molar-refractivity contribution in [2.75, 3.05) is 19.7 Å². The molecule has 1 aliphatic heterocycles. The predicted octanol–water partition coefficient (Wildman–Crippen LogP) is 1.71. The fourth-order valence-corrected chi connectivity index (χ4v) is 2.22. The van der Waals surface area contributed by atoms with Gasteiger partial charge in [-0.15, -0.1) is 0 Å². The highest BCUT2D eigenvalue weighted by molar-refractivity contribution is 5.97. The Morgan fingerprint density at radius 1 is 1.58 bits per heavy atom. The van der Waals surface area contributed by atoms with Crippen LogP contribution in [0.5, 0.6) is 5.75 Å². The number of amides is 1. The molecule has 19 heavy (non-hydrogen) atoms. The molecule has 1 aromatic rings. The smallest absolute Gasteiger partial charge is 0.255 e. The van der Waals surface area contributed by atoms with E-state index in [2.05, 4.69) is 10.6 Å². The lowest BCUT2D eigenvalue weighted by atomic mass is 10.1. The number of hydrogen-bond donors (Lipinski definition) is 2. The summed E-state index contributed by atoms with van der Waals surface area (Å²) in [6.07, 6.45) is 1.98. The third kappa shape index (κ3) is 3.44. The topological polar surface area (TPSA) is 50.4 Å². The molecule has 1 aliphatic rings. The molecule has 1 aromatic carbocycles. The molecular weight excluding hydrogens is 247 g/mol. The Kier molecular flexibility index (Phi) is 4.74. The molecule has 104 valence electrons. The van der Waals surface area contributed by atoms with Gasteiger partial charge >= 0.3 is 0 Å². The maximum Gasteiger partial charge on any atom is 0.255 e. The summed E-state index contributed by atoms with van der Waals surface area (Å²) < 4.78 is 18.9. The first kappa shape index (κ1) is 13.8. The summed E-state index contributed by atoms with van der Waals surface area (Å²) in [5, 5.41) is 6.14. The van der Waals surface area contributed by atoms with E-state index in [1.807, 2.05) is 0 Å². The largest absolute Gasteiger partial charge is 0.490 e. The highest BCUT2D eigenvalue weighted by Crippen LogP contribution is 2.22. The molecule has 1 amide bonds. The van der Waals surface area contributed by atoms with Crippen LogP contribution < -0.4 is 15.4 Å². The summed E-state index contributed by atoms with van der Waals surface area (Å²) in [7, 11) is 0. The highest BCUT2D eigenvalue weighted by atomic mass is 19.1. The molecule has 0 unspecified atom stereocenters. The average molecular weight is 266 g/mol. The Morgan fingerprint density at radius 3 is 3.11 bits per heavy atom. The Hall–Kier alpha value is -1.62. The molecule has 1 heterocycles. The van der Waals surface area contributed by atoms with E-state index >= 15 is 0 Å². The van der Waals surface area contributed by atoms with Crippen LogP contribution in [0.3, 0.4) is 0 Å². The maximum atomic E-state index is 13.7. The molecular formula is C14H19FN2O2. The second kappa shape index (κ2) is 6.52. The predicted molar refractivity (Wildman–Crippen MR) is 70.9 cm³/mol. The number of nitrogens with one attached hydrogen (secondary N) is 2. The average Bonchev–Trinajstić information content (AvgIpc) is 2.42. The lowest BCUT2D eigenvalue weighted by Gasteiger charge is -2.24. The van der Waals surface area contributed by atoms with Gasteiger partial charge < -0.3 is 15.4 Å². The van der Waals surface area contributed by atoms with Gasteiger partial charge in [-0.25, -0.2) is 4.39 Å². The van der Waals surface area contributed by atoms with Gasteiger partial charge in [-0.3, -0.25) is 4.79 Å². The number of hydrogen-bond acceptors (Lipinski definition) is 3. The number of para-hydroxylation sites is 1.